The Kier molecular flexibility index (Phi) is 6.83. The molecule has 2 amide bonds. The second-order valence-corrected chi connectivity index (χ2v) is 9.78. The molecule has 3 aromatic rings. The van der Waals surface area contributed by atoms with Crippen molar-refractivity contribution in [3.63, 3.8) is 0 Å². The number of rotatable bonds is 5. The second kappa shape index (κ2) is 10.3. The maximum Gasteiger partial charge on any atom is 0.321 e. The quantitative estimate of drug-likeness (QED) is 0.548. The molecule has 2 heterocycles. The number of nitriles is 1. The summed E-state index contributed by atoms with van der Waals surface area (Å²) in [6.07, 6.45) is 3.18. The number of nitrogens with zero attached hydrogens (tertiary/aromatic N) is 3. The molecule has 1 atom stereocenters. The van der Waals surface area contributed by atoms with Crippen LogP contribution in [-0.2, 0) is 6.42 Å². The summed E-state index contributed by atoms with van der Waals surface area (Å²) in [6.45, 7) is 3.55. The molecule has 0 saturated carbocycles. The third-order valence-corrected chi connectivity index (χ3v) is 7.60. The monoisotopic (exact) mass is 464 g/mol. The second-order valence-electron chi connectivity index (χ2n) is 9.78. The van der Waals surface area contributed by atoms with E-state index in [1.54, 1.807) is 0 Å². The Labute approximate surface area is 208 Å². The lowest BCUT2D eigenvalue weighted by Crippen LogP contribution is -2.43. The molecule has 0 bridgehead atoms. The highest BCUT2D eigenvalue weighted by Gasteiger charge is 2.29. The Hall–Kier alpha value is -3.62. The number of amides is 2. The summed E-state index contributed by atoms with van der Waals surface area (Å²) in [5.41, 5.74) is 6.36. The van der Waals surface area contributed by atoms with Crippen LogP contribution in [0.3, 0.4) is 0 Å². The molecule has 0 aliphatic carbocycles. The average molecular weight is 465 g/mol. The van der Waals surface area contributed by atoms with Gasteiger partial charge in [0, 0.05) is 24.7 Å². The standard InChI is InChI=1S/C30H32N4O/c1-33-16-13-25(14-17-33)28(21-32-30(35)34-18-15-26-6-2-3-8-29(26)34)24-11-9-23(10-12-24)27-7-4-5-22(19-27)20-31/h2-12,19,25,28H,13-18,21H2,1H3,(H,32,35). The van der Waals surface area contributed by atoms with Crippen LogP contribution in [0.1, 0.15) is 35.4 Å². The van der Waals surface area contributed by atoms with E-state index < -0.39 is 0 Å². The molecule has 5 nitrogen and oxygen atoms in total. The van der Waals surface area contributed by atoms with Crippen molar-refractivity contribution in [2.24, 2.45) is 5.92 Å². The molecule has 1 N–H and O–H groups in total. The summed E-state index contributed by atoms with van der Waals surface area (Å²) in [5, 5.41) is 12.5. The van der Waals surface area contributed by atoms with Crippen molar-refractivity contribution < 1.29 is 4.79 Å². The molecule has 2 aliphatic heterocycles. The minimum Gasteiger partial charge on any atom is -0.337 e. The van der Waals surface area contributed by atoms with Gasteiger partial charge >= 0.3 is 6.03 Å². The smallest absolute Gasteiger partial charge is 0.321 e. The molecule has 178 valence electrons. The number of anilines is 1. The van der Waals surface area contributed by atoms with E-state index in [1.165, 1.54) is 11.1 Å². The SMILES string of the molecule is CN1CCC(C(CNC(=O)N2CCc3ccccc32)c2ccc(-c3cccc(C#N)c3)cc2)CC1. The van der Waals surface area contributed by atoms with Gasteiger partial charge < -0.3 is 10.2 Å². The molecule has 2 aliphatic rings. The van der Waals surface area contributed by atoms with Crippen molar-refractivity contribution in [1.82, 2.24) is 10.2 Å². The highest BCUT2D eigenvalue weighted by molar-refractivity contribution is 5.94. The van der Waals surface area contributed by atoms with Gasteiger partial charge in [-0.05, 0) is 85.8 Å². The number of carbonyl (C=O) groups excluding carboxylic acids is 1. The van der Waals surface area contributed by atoms with Crippen LogP contribution < -0.4 is 10.2 Å². The maximum absolute atomic E-state index is 13.2. The zero-order valence-corrected chi connectivity index (χ0v) is 20.3. The predicted molar refractivity (Wildman–Crippen MR) is 140 cm³/mol. The Balaban J connectivity index is 1.34. The van der Waals surface area contributed by atoms with Crippen LogP contribution in [0.25, 0.3) is 11.1 Å². The molecule has 0 aromatic heterocycles. The van der Waals surface area contributed by atoms with Gasteiger partial charge in [0.05, 0.1) is 11.6 Å². The van der Waals surface area contributed by atoms with E-state index in [0.717, 1.165) is 55.7 Å². The fourth-order valence-corrected chi connectivity index (χ4v) is 5.52. The van der Waals surface area contributed by atoms with Gasteiger partial charge in [0.1, 0.15) is 0 Å². The maximum atomic E-state index is 13.2. The molecular weight excluding hydrogens is 432 g/mol. The fourth-order valence-electron chi connectivity index (χ4n) is 5.52. The first-order chi connectivity index (χ1) is 17.1. The number of fused-ring (bicyclic) bond motifs is 1. The van der Waals surface area contributed by atoms with E-state index in [0.29, 0.717) is 18.0 Å². The summed E-state index contributed by atoms with van der Waals surface area (Å²) in [4.78, 5) is 17.4. The lowest BCUT2D eigenvalue weighted by atomic mass is 9.79. The van der Waals surface area contributed by atoms with E-state index in [4.69, 9.17) is 0 Å². The summed E-state index contributed by atoms with van der Waals surface area (Å²) < 4.78 is 0. The third-order valence-electron chi connectivity index (χ3n) is 7.60. The highest BCUT2D eigenvalue weighted by atomic mass is 16.2. The summed E-state index contributed by atoms with van der Waals surface area (Å²) >= 11 is 0. The largest absolute Gasteiger partial charge is 0.337 e. The fraction of sp³-hybridized carbons (Fsp3) is 0.333. The molecular formula is C30H32N4O. The lowest BCUT2D eigenvalue weighted by molar-refractivity contribution is 0.195. The zero-order valence-electron chi connectivity index (χ0n) is 20.3. The van der Waals surface area contributed by atoms with Crippen LogP contribution in [0.4, 0.5) is 10.5 Å². The summed E-state index contributed by atoms with van der Waals surface area (Å²) in [5.74, 6) is 0.801. The topological polar surface area (TPSA) is 59.4 Å². The van der Waals surface area contributed by atoms with Crippen molar-refractivity contribution >= 4 is 11.7 Å². The van der Waals surface area contributed by atoms with Gasteiger partial charge in [-0.1, -0.05) is 54.6 Å². The van der Waals surface area contributed by atoms with E-state index in [2.05, 4.69) is 53.7 Å². The number of benzene rings is 3. The average Bonchev–Trinajstić information content (AvgIpc) is 3.34. The van der Waals surface area contributed by atoms with Crippen molar-refractivity contribution in [2.75, 3.05) is 38.1 Å². The van der Waals surface area contributed by atoms with Crippen LogP contribution in [0, 0.1) is 17.2 Å². The normalized spacial score (nSPS) is 17.0. The van der Waals surface area contributed by atoms with Crippen LogP contribution in [0.2, 0.25) is 0 Å². The number of piperidine rings is 1. The van der Waals surface area contributed by atoms with Crippen LogP contribution in [0.5, 0.6) is 0 Å². The van der Waals surface area contributed by atoms with Crippen LogP contribution in [-0.4, -0.2) is 44.2 Å². The lowest BCUT2D eigenvalue weighted by Gasteiger charge is -2.35. The van der Waals surface area contributed by atoms with Crippen LogP contribution >= 0.6 is 0 Å². The first-order valence-corrected chi connectivity index (χ1v) is 12.5. The number of para-hydroxylation sites is 1. The molecule has 5 heteroatoms. The van der Waals surface area contributed by atoms with Crippen molar-refractivity contribution in [3.05, 3.63) is 89.5 Å². The third kappa shape index (κ3) is 5.08. The van der Waals surface area contributed by atoms with Crippen molar-refractivity contribution in [2.45, 2.75) is 25.2 Å². The van der Waals surface area contributed by atoms with Gasteiger partial charge in [0.15, 0.2) is 0 Å². The first kappa shape index (κ1) is 23.1. The summed E-state index contributed by atoms with van der Waals surface area (Å²) in [7, 11) is 2.18. The minimum absolute atomic E-state index is 0.00202. The molecule has 3 aromatic carbocycles. The Bertz CT molecular complexity index is 1220. The number of hydrogen-bond acceptors (Lipinski definition) is 3. The van der Waals surface area contributed by atoms with Gasteiger partial charge in [0.2, 0.25) is 0 Å². The predicted octanol–water partition coefficient (Wildman–Crippen LogP) is 5.42. The van der Waals surface area contributed by atoms with Crippen molar-refractivity contribution in [3.8, 4) is 17.2 Å². The van der Waals surface area contributed by atoms with Gasteiger partial charge in [-0.15, -0.1) is 0 Å². The van der Waals surface area contributed by atoms with Gasteiger partial charge in [-0.25, -0.2) is 4.79 Å². The summed E-state index contributed by atoms with van der Waals surface area (Å²) in [6, 6.07) is 26.8. The van der Waals surface area contributed by atoms with Crippen molar-refractivity contribution in [1.29, 1.82) is 5.26 Å². The molecule has 1 unspecified atom stereocenters. The number of urea groups is 1. The number of carbonyl (C=O) groups is 1. The highest BCUT2D eigenvalue weighted by Crippen LogP contribution is 2.34. The Morgan fingerprint density at radius 3 is 2.54 bits per heavy atom. The van der Waals surface area contributed by atoms with E-state index >= 15 is 0 Å². The molecule has 35 heavy (non-hydrogen) atoms. The molecule has 1 fully saturated rings. The molecule has 1 saturated heterocycles. The number of likely N-dealkylation sites (tertiary alicyclic amines) is 1. The number of hydrogen-bond donors (Lipinski definition) is 1. The zero-order chi connectivity index (χ0) is 24.2. The van der Waals surface area contributed by atoms with E-state index in [-0.39, 0.29) is 11.9 Å². The number of nitrogens with one attached hydrogen (secondary N) is 1. The van der Waals surface area contributed by atoms with Gasteiger partial charge in [-0.2, -0.15) is 5.26 Å². The molecule has 5 rings (SSSR count). The van der Waals surface area contributed by atoms with Gasteiger partial charge in [0.25, 0.3) is 0 Å². The molecule has 0 spiro atoms. The van der Waals surface area contributed by atoms with E-state index in [1.807, 2.05) is 47.4 Å². The minimum atomic E-state index is -0.00202. The Morgan fingerprint density at radius 2 is 1.77 bits per heavy atom. The van der Waals surface area contributed by atoms with E-state index in [9.17, 15) is 10.1 Å². The Morgan fingerprint density at radius 1 is 1.00 bits per heavy atom. The first-order valence-electron chi connectivity index (χ1n) is 12.5. The van der Waals surface area contributed by atoms with Gasteiger partial charge in [-0.3, -0.25) is 4.90 Å². The van der Waals surface area contributed by atoms with Crippen LogP contribution in [0.15, 0.2) is 72.8 Å². The molecule has 0 radical (unpaired) electrons.